The third-order valence-electron chi connectivity index (χ3n) is 2.62. The Morgan fingerprint density at radius 2 is 1.64 bits per heavy atom. The predicted molar refractivity (Wildman–Crippen MR) is 101 cm³/mol. The molecular formula is C19H29BrO2. The van der Waals surface area contributed by atoms with Crippen LogP contribution in [0.15, 0.2) is 61.3 Å². The highest BCUT2D eigenvalue weighted by atomic mass is 79.9. The molecule has 0 aliphatic heterocycles. The molecule has 0 bridgehead atoms. The van der Waals surface area contributed by atoms with E-state index in [9.17, 15) is 4.79 Å². The van der Waals surface area contributed by atoms with Gasteiger partial charge in [0.1, 0.15) is 10.9 Å². The first-order chi connectivity index (χ1) is 10.5. The Hall–Kier alpha value is -1.35. The second-order valence-electron chi connectivity index (χ2n) is 4.32. The molecule has 0 aromatic rings. The monoisotopic (exact) mass is 368 g/mol. The second-order valence-corrected chi connectivity index (χ2v) is 5.31. The Morgan fingerprint density at radius 1 is 1.05 bits per heavy atom. The van der Waals surface area contributed by atoms with Crippen LogP contribution in [0.1, 0.15) is 34.6 Å². The SMILES string of the molecule is C=C/C=C\C=C\C(Br)C(=O)OC(C)C(C)/C=C\C=C/C.CC. The predicted octanol–water partition coefficient (Wildman–Crippen LogP) is 5.77. The molecule has 0 aromatic heterocycles. The smallest absolute Gasteiger partial charge is 0.323 e. The van der Waals surface area contributed by atoms with E-state index < -0.39 is 4.83 Å². The van der Waals surface area contributed by atoms with Gasteiger partial charge >= 0.3 is 5.97 Å². The van der Waals surface area contributed by atoms with Gasteiger partial charge in [0.25, 0.3) is 0 Å². The van der Waals surface area contributed by atoms with Crippen molar-refractivity contribution in [2.45, 2.75) is 45.5 Å². The van der Waals surface area contributed by atoms with Gasteiger partial charge in [0.15, 0.2) is 0 Å². The molecule has 0 saturated heterocycles. The number of allylic oxidation sites excluding steroid dienone is 7. The van der Waals surface area contributed by atoms with E-state index in [1.165, 1.54) is 0 Å². The zero-order valence-electron chi connectivity index (χ0n) is 14.3. The Morgan fingerprint density at radius 3 is 2.18 bits per heavy atom. The van der Waals surface area contributed by atoms with Crippen LogP contribution >= 0.6 is 15.9 Å². The first kappa shape index (κ1) is 22.9. The third kappa shape index (κ3) is 12.4. The molecule has 22 heavy (non-hydrogen) atoms. The van der Waals surface area contributed by atoms with Crippen molar-refractivity contribution >= 4 is 21.9 Å². The van der Waals surface area contributed by atoms with Crippen LogP contribution in [-0.2, 0) is 9.53 Å². The molecule has 0 amide bonds. The highest BCUT2D eigenvalue weighted by Gasteiger charge is 2.18. The fourth-order valence-electron chi connectivity index (χ4n) is 1.25. The summed E-state index contributed by atoms with van der Waals surface area (Å²) in [5.41, 5.74) is 0. The summed E-state index contributed by atoms with van der Waals surface area (Å²) in [6.07, 6.45) is 16.5. The van der Waals surface area contributed by atoms with Crippen molar-refractivity contribution in [1.82, 2.24) is 0 Å². The fourth-order valence-corrected chi connectivity index (χ4v) is 1.53. The van der Waals surface area contributed by atoms with Crippen LogP contribution in [0.25, 0.3) is 0 Å². The van der Waals surface area contributed by atoms with Gasteiger partial charge in [-0.3, -0.25) is 4.79 Å². The summed E-state index contributed by atoms with van der Waals surface area (Å²) in [7, 11) is 0. The minimum absolute atomic E-state index is 0.166. The van der Waals surface area contributed by atoms with Crippen LogP contribution in [0.2, 0.25) is 0 Å². The van der Waals surface area contributed by atoms with Crippen molar-refractivity contribution in [1.29, 1.82) is 0 Å². The van der Waals surface area contributed by atoms with Crippen LogP contribution in [0, 0.1) is 5.92 Å². The van der Waals surface area contributed by atoms with Gasteiger partial charge in [-0.15, -0.1) is 0 Å². The van der Waals surface area contributed by atoms with Gasteiger partial charge in [-0.25, -0.2) is 0 Å². The van der Waals surface area contributed by atoms with Crippen LogP contribution in [0.5, 0.6) is 0 Å². The van der Waals surface area contributed by atoms with Crippen LogP contribution in [0.3, 0.4) is 0 Å². The molecule has 0 rings (SSSR count). The lowest BCUT2D eigenvalue weighted by Gasteiger charge is -2.18. The summed E-state index contributed by atoms with van der Waals surface area (Å²) in [5.74, 6) is -0.119. The average Bonchev–Trinajstić information content (AvgIpc) is 2.53. The highest BCUT2D eigenvalue weighted by molar-refractivity contribution is 9.10. The van der Waals surface area contributed by atoms with E-state index in [1.54, 1.807) is 30.4 Å². The third-order valence-corrected chi connectivity index (χ3v) is 3.30. The molecule has 0 saturated carbocycles. The number of ether oxygens (including phenoxy) is 1. The summed E-state index contributed by atoms with van der Waals surface area (Å²) in [6, 6.07) is 0. The van der Waals surface area contributed by atoms with Crippen LogP contribution in [-0.4, -0.2) is 16.9 Å². The first-order valence-electron chi connectivity index (χ1n) is 7.62. The Labute approximate surface area is 144 Å². The summed E-state index contributed by atoms with van der Waals surface area (Å²) < 4.78 is 5.40. The van der Waals surface area contributed by atoms with Crippen molar-refractivity contribution in [2.75, 3.05) is 0 Å². The number of rotatable bonds is 8. The summed E-state index contributed by atoms with van der Waals surface area (Å²) in [6.45, 7) is 13.4. The molecule has 0 spiro atoms. The van der Waals surface area contributed by atoms with Gasteiger partial charge in [-0.2, -0.15) is 0 Å². The summed E-state index contributed by atoms with van der Waals surface area (Å²) >= 11 is 3.29. The fraction of sp³-hybridized carbons (Fsp3) is 0.421. The van der Waals surface area contributed by atoms with Gasteiger partial charge in [0, 0.05) is 5.92 Å². The number of esters is 1. The lowest BCUT2D eigenvalue weighted by Crippen LogP contribution is -2.25. The topological polar surface area (TPSA) is 26.3 Å². The maximum Gasteiger partial charge on any atom is 0.323 e. The molecule has 0 aromatic carbocycles. The zero-order chi connectivity index (χ0) is 17.4. The normalized spacial score (nSPS) is 15.7. The van der Waals surface area contributed by atoms with Crippen LogP contribution < -0.4 is 0 Å². The van der Waals surface area contributed by atoms with Crippen molar-refractivity contribution < 1.29 is 9.53 Å². The van der Waals surface area contributed by atoms with Crippen molar-refractivity contribution in [3.63, 3.8) is 0 Å². The minimum atomic E-state index is -0.439. The van der Waals surface area contributed by atoms with E-state index >= 15 is 0 Å². The standard InChI is InChI=1S/C17H23BrO2.C2H6/c1-5-7-9-11-13-16(18)17(19)20-15(4)14(3)12-10-8-6-2;1-2/h5-16H,1H2,2-4H3;1-2H3/b8-6-,9-7-,12-10-,13-11+;. The van der Waals surface area contributed by atoms with Gasteiger partial charge in [-0.05, 0) is 13.8 Å². The molecule has 0 fully saturated rings. The van der Waals surface area contributed by atoms with E-state index in [2.05, 4.69) is 22.5 Å². The Kier molecular flexibility index (Phi) is 16.7. The second kappa shape index (κ2) is 16.0. The largest absolute Gasteiger partial charge is 0.461 e. The average molecular weight is 369 g/mol. The maximum atomic E-state index is 11.8. The van der Waals surface area contributed by atoms with Gasteiger partial charge in [0.2, 0.25) is 0 Å². The number of carbonyl (C=O) groups is 1. The molecule has 124 valence electrons. The van der Waals surface area contributed by atoms with Crippen molar-refractivity contribution in [3.8, 4) is 0 Å². The molecule has 0 N–H and O–H groups in total. The number of alkyl halides is 1. The number of halogens is 1. The molecule has 0 radical (unpaired) electrons. The van der Waals surface area contributed by atoms with Gasteiger partial charge in [0.05, 0.1) is 0 Å². The molecule has 2 nitrogen and oxygen atoms in total. The molecular weight excluding hydrogens is 340 g/mol. The molecule has 0 heterocycles. The quantitative estimate of drug-likeness (QED) is 0.308. The van der Waals surface area contributed by atoms with E-state index in [-0.39, 0.29) is 18.0 Å². The van der Waals surface area contributed by atoms with E-state index in [0.717, 1.165) is 0 Å². The molecule has 3 heteroatoms. The van der Waals surface area contributed by atoms with Gasteiger partial charge < -0.3 is 4.74 Å². The summed E-state index contributed by atoms with van der Waals surface area (Å²) in [5, 5.41) is 0. The molecule has 3 unspecified atom stereocenters. The lowest BCUT2D eigenvalue weighted by atomic mass is 10.1. The minimum Gasteiger partial charge on any atom is -0.461 e. The Balaban J connectivity index is 0. The number of hydrogen-bond acceptors (Lipinski definition) is 2. The summed E-state index contributed by atoms with van der Waals surface area (Å²) in [4.78, 5) is 11.4. The first-order valence-corrected chi connectivity index (χ1v) is 8.54. The zero-order valence-corrected chi connectivity index (χ0v) is 15.9. The molecule has 0 aliphatic carbocycles. The van der Waals surface area contributed by atoms with E-state index in [1.807, 2.05) is 58.9 Å². The van der Waals surface area contributed by atoms with Gasteiger partial charge in [-0.1, -0.05) is 98.0 Å². The lowest BCUT2D eigenvalue weighted by molar-refractivity contribution is -0.147. The molecule has 3 atom stereocenters. The highest BCUT2D eigenvalue weighted by Crippen LogP contribution is 2.13. The number of hydrogen-bond donors (Lipinski definition) is 0. The van der Waals surface area contributed by atoms with Crippen LogP contribution in [0.4, 0.5) is 0 Å². The Bertz CT molecular complexity index is 406. The van der Waals surface area contributed by atoms with E-state index in [4.69, 9.17) is 4.74 Å². The maximum absolute atomic E-state index is 11.8. The van der Waals surface area contributed by atoms with Crippen molar-refractivity contribution in [2.24, 2.45) is 5.92 Å². The van der Waals surface area contributed by atoms with E-state index in [0.29, 0.717) is 0 Å². The van der Waals surface area contributed by atoms with Crippen molar-refractivity contribution in [3.05, 3.63) is 61.3 Å². The number of carbonyl (C=O) groups excluding carboxylic acids is 1. The molecule has 0 aliphatic rings.